The Labute approximate surface area is 373 Å². The number of allylic oxidation sites excluding steroid dienone is 10. The highest BCUT2D eigenvalue weighted by Crippen LogP contribution is 2.23. The lowest BCUT2D eigenvalue weighted by molar-refractivity contribution is -0.302. The Bertz CT molecular complexity index is 1140. The Balaban J connectivity index is 2.29. The Morgan fingerprint density at radius 3 is 1.51 bits per heavy atom. The van der Waals surface area contributed by atoms with Crippen molar-refractivity contribution in [3.8, 4) is 0 Å². The number of rotatable bonds is 41. The minimum atomic E-state index is -1.56. The van der Waals surface area contributed by atoms with Crippen molar-refractivity contribution in [1.82, 2.24) is 5.32 Å². The predicted octanol–water partition coefficient (Wildman–Crippen LogP) is 11.2. The summed E-state index contributed by atoms with van der Waals surface area (Å²) in [5.74, 6) is -0.157. The second-order valence-corrected chi connectivity index (χ2v) is 17.2. The number of hydrogen-bond donors (Lipinski definition) is 6. The van der Waals surface area contributed by atoms with E-state index in [9.17, 15) is 30.3 Å². The third-order valence-electron chi connectivity index (χ3n) is 11.6. The minimum Gasteiger partial charge on any atom is -0.394 e. The summed E-state index contributed by atoms with van der Waals surface area (Å²) in [5, 5.41) is 54.5. The van der Waals surface area contributed by atoms with E-state index in [0.717, 1.165) is 83.5 Å². The summed E-state index contributed by atoms with van der Waals surface area (Å²) < 4.78 is 11.3. The number of nitrogens with one attached hydrogen (secondary N) is 1. The lowest BCUT2D eigenvalue weighted by Crippen LogP contribution is -2.60. The molecule has 1 aliphatic rings. The van der Waals surface area contributed by atoms with Crippen molar-refractivity contribution >= 4 is 5.91 Å². The van der Waals surface area contributed by atoms with Crippen molar-refractivity contribution in [3.63, 3.8) is 0 Å². The molecule has 7 unspecified atom stereocenters. The molecule has 7 atom stereocenters. The van der Waals surface area contributed by atoms with Crippen LogP contribution in [0, 0.1) is 0 Å². The maximum absolute atomic E-state index is 13.0. The Kier molecular flexibility index (Phi) is 39.1. The van der Waals surface area contributed by atoms with E-state index in [1.807, 2.05) is 0 Å². The van der Waals surface area contributed by atoms with Crippen molar-refractivity contribution in [2.75, 3.05) is 13.2 Å². The summed E-state index contributed by atoms with van der Waals surface area (Å²) in [6, 6.07) is -0.727. The monoisotopic (exact) mass is 860 g/mol. The maximum atomic E-state index is 13.0. The van der Waals surface area contributed by atoms with Gasteiger partial charge in [0.05, 0.1) is 25.4 Å². The zero-order chi connectivity index (χ0) is 44.4. The molecule has 1 saturated heterocycles. The van der Waals surface area contributed by atoms with Crippen LogP contribution in [0.1, 0.15) is 206 Å². The number of ether oxygens (including phenoxy) is 2. The van der Waals surface area contributed by atoms with Gasteiger partial charge in [-0.3, -0.25) is 4.79 Å². The second-order valence-electron chi connectivity index (χ2n) is 17.2. The van der Waals surface area contributed by atoms with Crippen LogP contribution in [0.15, 0.2) is 60.8 Å². The zero-order valence-corrected chi connectivity index (χ0v) is 38.9. The fraction of sp³-hybridized carbons (Fsp3) is 0.788. The molecule has 0 saturated carbocycles. The van der Waals surface area contributed by atoms with E-state index in [4.69, 9.17) is 9.47 Å². The average molecular weight is 860 g/mol. The molecule has 0 aliphatic carbocycles. The summed E-state index contributed by atoms with van der Waals surface area (Å²) in [6.45, 7) is 3.71. The van der Waals surface area contributed by atoms with Gasteiger partial charge in [0.25, 0.3) is 0 Å². The first-order chi connectivity index (χ1) is 29.8. The van der Waals surface area contributed by atoms with Gasteiger partial charge in [-0.15, -0.1) is 0 Å². The highest BCUT2D eigenvalue weighted by molar-refractivity contribution is 5.76. The molecule has 0 aromatic heterocycles. The maximum Gasteiger partial charge on any atom is 0.220 e. The Morgan fingerprint density at radius 2 is 1.02 bits per heavy atom. The van der Waals surface area contributed by atoms with Gasteiger partial charge >= 0.3 is 0 Å². The molecule has 1 heterocycles. The van der Waals surface area contributed by atoms with E-state index in [1.165, 1.54) is 96.3 Å². The van der Waals surface area contributed by atoms with Crippen LogP contribution in [-0.2, 0) is 14.3 Å². The van der Waals surface area contributed by atoms with Crippen LogP contribution in [0.2, 0.25) is 0 Å². The van der Waals surface area contributed by atoms with Gasteiger partial charge in [0.15, 0.2) is 6.29 Å². The van der Waals surface area contributed by atoms with Crippen LogP contribution in [0.4, 0.5) is 0 Å². The molecular formula is C52H93NO8. The molecule has 0 aromatic rings. The first-order valence-electron chi connectivity index (χ1n) is 25.0. The number of carbonyl (C=O) groups excluding carboxylic acids is 1. The zero-order valence-electron chi connectivity index (χ0n) is 38.9. The van der Waals surface area contributed by atoms with Gasteiger partial charge in [-0.25, -0.2) is 0 Å². The van der Waals surface area contributed by atoms with Gasteiger partial charge in [0.2, 0.25) is 5.91 Å². The Morgan fingerprint density at radius 1 is 0.574 bits per heavy atom. The van der Waals surface area contributed by atoms with Gasteiger partial charge in [-0.1, -0.05) is 203 Å². The van der Waals surface area contributed by atoms with Crippen molar-refractivity contribution < 1.29 is 39.8 Å². The van der Waals surface area contributed by atoms with Crippen LogP contribution in [0.25, 0.3) is 0 Å². The van der Waals surface area contributed by atoms with Gasteiger partial charge in [0, 0.05) is 6.42 Å². The van der Waals surface area contributed by atoms with Crippen LogP contribution >= 0.6 is 0 Å². The molecule has 1 aliphatic heterocycles. The van der Waals surface area contributed by atoms with Gasteiger partial charge < -0.3 is 40.3 Å². The fourth-order valence-corrected chi connectivity index (χ4v) is 7.66. The number of amides is 1. The van der Waals surface area contributed by atoms with Crippen molar-refractivity contribution in [3.05, 3.63) is 60.8 Å². The normalized spacial score (nSPS) is 20.9. The SMILES string of the molecule is CC/C=C\C/C=C\C/C=C\C/C=C\C/C=C\CCCCCCCCCC(=O)NC(COC1OC(CO)C(O)C(O)C1O)C(O)CCCCCCCCCCCCCCCCC. The number of carbonyl (C=O) groups is 1. The van der Waals surface area contributed by atoms with Gasteiger partial charge in [0.1, 0.15) is 24.4 Å². The van der Waals surface area contributed by atoms with Gasteiger partial charge in [-0.2, -0.15) is 0 Å². The van der Waals surface area contributed by atoms with Crippen LogP contribution in [0.5, 0.6) is 0 Å². The standard InChI is InChI=1S/C52H93NO8/c1-3-5-7-9-11-13-15-17-19-20-21-22-23-24-25-26-28-30-32-34-36-38-40-42-48(56)53-45(44-60-52-51(59)50(58)49(57)47(43-54)61-52)46(55)41-39-37-35-33-31-29-27-18-16-14-12-10-8-6-4-2/h5,7,11,13,17,19,21-22,24-25,45-47,49-52,54-55,57-59H,3-4,6,8-10,12,14-16,18,20,23,26-44H2,1-2H3,(H,53,56)/b7-5-,13-11-,19-17-,22-21-,25-24-. The van der Waals surface area contributed by atoms with E-state index < -0.39 is 49.5 Å². The third kappa shape index (κ3) is 32.2. The number of unbranched alkanes of at least 4 members (excludes halogenated alkanes) is 21. The van der Waals surface area contributed by atoms with Gasteiger partial charge in [-0.05, 0) is 57.8 Å². The highest BCUT2D eigenvalue weighted by atomic mass is 16.7. The molecule has 9 nitrogen and oxygen atoms in total. The topological polar surface area (TPSA) is 149 Å². The number of hydrogen-bond acceptors (Lipinski definition) is 8. The lowest BCUT2D eigenvalue weighted by Gasteiger charge is -2.40. The number of aliphatic hydroxyl groups excluding tert-OH is 5. The lowest BCUT2D eigenvalue weighted by atomic mass is 9.99. The molecule has 0 bridgehead atoms. The predicted molar refractivity (Wildman–Crippen MR) is 253 cm³/mol. The minimum absolute atomic E-state index is 0.145. The summed E-state index contributed by atoms with van der Waals surface area (Å²) in [6.07, 6.45) is 47.9. The summed E-state index contributed by atoms with van der Waals surface area (Å²) in [4.78, 5) is 13.0. The van der Waals surface area contributed by atoms with E-state index in [2.05, 4.69) is 79.9 Å². The largest absolute Gasteiger partial charge is 0.394 e. The average Bonchev–Trinajstić information content (AvgIpc) is 3.26. The molecule has 0 radical (unpaired) electrons. The van der Waals surface area contributed by atoms with E-state index in [0.29, 0.717) is 12.8 Å². The van der Waals surface area contributed by atoms with E-state index in [-0.39, 0.29) is 12.5 Å². The van der Waals surface area contributed by atoms with Crippen LogP contribution < -0.4 is 5.32 Å². The van der Waals surface area contributed by atoms with Crippen molar-refractivity contribution in [1.29, 1.82) is 0 Å². The summed E-state index contributed by atoms with van der Waals surface area (Å²) in [5.41, 5.74) is 0. The fourth-order valence-electron chi connectivity index (χ4n) is 7.66. The van der Waals surface area contributed by atoms with E-state index in [1.54, 1.807) is 0 Å². The molecule has 0 aromatic carbocycles. The third-order valence-corrected chi connectivity index (χ3v) is 11.6. The molecule has 61 heavy (non-hydrogen) atoms. The second kappa shape index (κ2) is 41.9. The molecule has 9 heteroatoms. The Hall–Kier alpha value is -2.11. The summed E-state index contributed by atoms with van der Waals surface area (Å²) >= 11 is 0. The summed E-state index contributed by atoms with van der Waals surface area (Å²) in [7, 11) is 0. The van der Waals surface area contributed by atoms with Crippen molar-refractivity contribution in [2.45, 2.75) is 249 Å². The smallest absolute Gasteiger partial charge is 0.220 e. The quantitative estimate of drug-likeness (QED) is 0.0263. The van der Waals surface area contributed by atoms with Crippen LogP contribution in [0.3, 0.4) is 0 Å². The molecule has 1 fully saturated rings. The number of aliphatic hydroxyl groups is 5. The first kappa shape index (κ1) is 56.9. The first-order valence-corrected chi connectivity index (χ1v) is 25.0. The molecule has 1 amide bonds. The molecular weight excluding hydrogens is 767 g/mol. The van der Waals surface area contributed by atoms with Crippen LogP contribution in [-0.4, -0.2) is 87.5 Å². The van der Waals surface area contributed by atoms with E-state index >= 15 is 0 Å². The molecule has 6 N–H and O–H groups in total. The van der Waals surface area contributed by atoms with Crippen molar-refractivity contribution in [2.24, 2.45) is 0 Å². The highest BCUT2D eigenvalue weighted by Gasteiger charge is 2.44. The molecule has 0 spiro atoms. The molecule has 354 valence electrons. The molecule has 1 rings (SSSR count).